The summed E-state index contributed by atoms with van der Waals surface area (Å²) >= 11 is 0. The Hall–Kier alpha value is 0.470. The lowest BCUT2D eigenvalue weighted by Crippen LogP contribution is -1.76. The van der Waals surface area contributed by atoms with Gasteiger partial charge in [0, 0.05) is 0 Å². The minimum Gasteiger partial charge on any atom is -0.107 e. The highest BCUT2D eigenvalue weighted by atomic mass is 127. The molecule has 0 amide bonds. The largest absolute Gasteiger partial charge is 0.107 e. The van der Waals surface area contributed by atoms with Gasteiger partial charge in [0.15, 0.2) is 0 Å². The second-order valence-electron chi connectivity index (χ2n) is 2.85. The standard InChI is InChI=1S/C10H20.HI/c1-3-5-7-9-10-8-6-4-2;/h3H,1,4-10H2,2H3;1H. The van der Waals surface area contributed by atoms with Gasteiger partial charge in [0.1, 0.15) is 0 Å². The van der Waals surface area contributed by atoms with E-state index in [0.29, 0.717) is 0 Å². The number of halogens is 1. The van der Waals surface area contributed by atoms with E-state index in [0.717, 1.165) is 0 Å². The molecule has 0 aromatic rings. The third kappa shape index (κ3) is 13.5. The maximum absolute atomic E-state index is 3.69. The Kier molecular flexibility index (Phi) is 16.7. The van der Waals surface area contributed by atoms with Crippen molar-refractivity contribution < 1.29 is 0 Å². The van der Waals surface area contributed by atoms with Gasteiger partial charge in [0.25, 0.3) is 0 Å². The number of hydrogen-bond donors (Lipinski definition) is 0. The van der Waals surface area contributed by atoms with Crippen molar-refractivity contribution >= 4 is 24.0 Å². The smallest absolute Gasteiger partial charge is 0.0353 e. The molecule has 0 saturated heterocycles. The van der Waals surface area contributed by atoms with E-state index in [4.69, 9.17) is 0 Å². The summed E-state index contributed by atoms with van der Waals surface area (Å²) in [5, 5.41) is 0. The third-order valence-corrected chi connectivity index (χ3v) is 1.76. The molecule has 0 aliphatic heterocycles. The van der Waals surface area contributed by atoms with Crippen molar-refractivity contribution in [2.75, 3.05) is 0 Å². The van der Waals surface area contributed by atoms with Gasteiger partial charge in [-0.3, -0.25) is 0 Å². The second kappa shape index (κ2) is 13.1. The fourth-order valence-corrected chi connectivity index (χ4v) is 1.07. The van der Waals surface area contributed by atoms with Gasteiger partial charge in [-0.1, -0.05) is 45.1 Å². The van der Waals surface area contributed by atoms with Crippen molar-refractivity contribution in [1.29, 1.82) is 0 Å². The Morgan fingerprint density at radius 1 is 1.00 bits per heavy atom. The van der Waals surface area contributed by atoms with Crippen LogP contribution < -0.4 is 0 Å². The van der Waals surface area contributed by atoms with Crippen molar-refractivity contribution in [3.05, 3.63) is 12.7 Å². The van der Waals surface area contributed by atoms with Crippen LogP contribution in [0.15, 0.2) is 12.7 Å². The molecular weight excluding hydrogens is 247 g/mol. The van der Waals surface area contributed by atoms with E-state index in [1.54, 1.807) is 0 Å². The Bertz CT molecular complexity index is 69.3. The molecule has 0 nitrogen and oxygen atoms in total. The first-order valence-electron chi connectivity index (χ1n) is 4.52. The zero-order valence-corrected chi connectivity index (χ0v) is 9.97. The summed E-state index contributed by atoms with van der Waals surface area (Å²) in [7, 11) is 0. The number of hydrogen-bond acceptors (Lipinski definition) is 0. The molecule has 0 aromatic heterocycles. The van der Waals surface area contributed by atoms with E-state index in [2.05, 4.69) is 13.5 Å². The molecule has 0 atom stereocenters. The van der Waals surface area contributed by atoms with E-state index in [-0.39, 0.29) is 24.0 Å². The molecule has 0 aliphatic rings. The van der Waals surface area contributed by atoms with Gasteiger partial charge >= 0.3 is 0 Å². The third-order valence-electron chi connectivity index (χ3n) is 1.76. The van der Waals surface area contributed by atoms with Crippen LogP contribution in [-0.4, -0.2) is 0 Å². The summed E-state index contributed by atoms with van der Waals surface area (Å²) < 4.78 is 0. The average molecular weight is 268 g/mol. The first-order valence-corrected chi connectivity index (χ1v) is 4.52. The van der Waals surface area contributed by atoms with Crippen LogP contribution in [0.3, 0.4) is 0 Å². The Morgan fingerprint density at radius 3 is 2.09 bits per heavy atom. The van der Waals surface area contributed by atoms with Gasteiger partial charge in [0.05, 0.1) is 0 Å². The quantitative estimate of drug-likeness (QED) is 0.361. The van der Waals surface area contributed by atoms with E-state index < -0.39 is 0 Å². The van der Waals surface area contributed by atoms with E-state index in [9.17, 15) is 0 Å². The molecule has 1 heteroatoms. The Balaban J connectivity index is 0. The van der Waals surface area contributed by atoms with Crippen LogP contribution in [0.1, 0.15) is 51.9 Å². The molecule has 11 heavy (non-hydrogen) atoms. The van der Waals surface area contributed by atoms with Crippen LogP contribution in [0.4, 0.5) is 0 Å². The zero-order chi connectivity index (χ0) is 7.66. The molecule has 0 aliphatic carbocycles. The lowest BCUT2D eigenvalue weighted by atomic mass is 10.1. The summed E-state index contributed by atoms with van der Waals surface area (Å²) in [6, 6.07) is 0. The minimum absolute atomic E-state index is 0. The Labute approximate surface area is 88.5 Å². The van der Waals surface area contributed by atoms with Crippen LogP contribution in [0.25, 0.3) is 0 Å². The molecule has 0 radical (unpaired) electrons. The molecule has 0 saturated carbocycles. The van der Waals surface area contributed by atoms with Gasteiger partial charge in [-0.2, -0.15) is 0 Å². The molecule has 0 rings (SSSR count). The van der Waals surface area contributed by atoms with Gasteiger partial charge in [-0.15, -0.1) is 30.6 Å². The maximum atomic E-state index is 3.69. The summed E-state index contributed by atoms with van der Waals surface area (Å²) in [4.78, 5) is 0. The normalized spacial score (nSPS) is 8.82. The number of unbranched alkanes of at least 4 members (excludes halogenated alkanes) is 6. The van der Waals surface area contributed by atoms with Crippen LogP contribution in [0.2, 0.25) is 0 Å². The number of rotatable bonds is 7. The van der Waals surface area contributed by atoms with Crippen molar-refractivity contribution in [3.8, 4) is 0 Å². The first-order chi connectivity index (χ1) is 4.91. The van der Waals surface area contributed by atoms with Gasteiger partial charge in [-0.05, 0) is 12.8 Å². The highest BCUT2D eigenvalue weighted by Gasteiger charge is 1.86. The fraction of sp³-hybridized carbons (Fsp3) is 0.800. The molecule has 68 valence electrons. The molecule has 0 spiro atoms. The molecular formula is C10H21I. The highest BCUT2D eigenvalue weighted by molar-refractivity contribution is 14.0. The summed E-state index contributed by atoms with van der Waals surface area (Å²) in [5.74, 6) is 0. The summed E-state index contributed by atoms with van der Waals surface area (Å²) in [5.41, 5.74) is 0. The molecule has 0 aromatic carbocycles. The van der Waals surface area contributed by atoms with Gasteiger partial charge in [-0.25, -0.2) is 0 Å². The maximum Gasteiger partial charge on any atom is -0.0353 e. The number of allylic oxidation sites excluding steroid dienone is 1. The van der Waals surface area contributed by atoms with Crippen molar-refractivity contribution in [1.82, 2.24) is 0 Å². The lowest BCUT2D eigenvalue weighted by molar-refractivity contribution is 0.611. The predicted molar refractivity (Wildman–Crippen MR) is 63.6 cm³/mol. The van der Waals surface area contributed by atoms with Crippen LogP contribution >= 0.6 is 24.0 Å². The fourth-order valence-electron chi connectivity index (χ4n) is 1.07. The monoisotopic (exact) mass is 268 g/mol. The summed E-state index contributed by atoms with van der Waals surface area (Å²) in [6.45, 7) is 5.95. The Morgan fingerprint density at radius 2 is 1.55 bits per heavy atom. The molecule has 0 heterocycles. The minimum atomic E-state index is 0. The SMILES string of the molecule is C=CCCCCCCCC.I. The highest BCUT2D eigenvalue weighted by Crippen LogP contribution is 2.06. The molecule has 0 unspecified atom stereocenters. The van der Waals surface area contributed by atoms with E-state index >= 15 is 0 Å². The molecule has 0 fully saturated rings. The molecule has 0 N–H and O–H groups in total. The van der Waals surface area contributed by atoms with Crippen molar-refractivity contribution in [3.63, 3.8) is 0 Å². The average Bonchev–Trinajstić information content (AvgIpc) is 1.97. The zero-order valence-electron chi connectivity index (χ0n) is 7.64. The molecule has 0 bridgehead atoms. The summed E-state index contributed by atoms with van der Waals surface area (Å²) in [6.07, 6.45) is 11.6. The first kappa shape index (κ1) is 14.0. The van der Waals surface area contributed by atoms with Crippen molar-refractivity contribution in [2.24, 2.45) is 0 Å². The van der Waals surface area contributed by atoms with E-state index in [1.807, 2.05) is 6.08 Å². The lowest BCUT2D eigenvalue weighted by Gasteiger charge is -1.96. The van der Waals surface area contributed by atoms with Crippen LogP contribution in [0.5, 0.6) is 0 Å². The van der Waals surface area contributed by atoms with E-state index in [1.165, 1.54) is 44.9 Å². The van der Waals surface area contributed by atoms with Gasteiger partial charge < -0.3 is 0 Å². The topological polar surface area (TPSA) is 0 Å². The van der Waals surface area contributed by atoms with Crippen molar-refractivity contribution in [2.45, 2.75) is 51.9 Å². The van der Waals surface area contributed by atoms with Crippen LogP contribution in [-0.2, 0) is 0 Å². The van der Waals surface area contributed by atoms with Gasteiger partial charge in [0.2, 0.25) is 0 Å². The second-order valence-corrected chi connectivity index (χ2v) is 2.85. The van der Waals surface area contributed by atoms with Crippen LogP contribution in [0, 0.1) is 0 Å². The predicted octanol–water partition coefficient (Wildman–Crippen LogP) is 4.54.